The molecular formula is C17H23F3N2O. The number of benzene rings is 1. The van der Waals surface area contributed by atoms with Gasteiger partial charge in [0.15, 0.2) is 0 Å². The molecule has 0 saturated carbocycles. The van der Waals surface area contributed by atoms with E-state index in [2.05, 4.69) is 10.6 Å². The SMILES string of the molecule is CC(CC(=O)NCc1ccccc1C(F)(F)F)C1CCCNC1. The molecule has 1 aromatic carbocycles. The van der Waals surface area contributed by atoms with Gasteiger partial charge in [0.1, 0.15) is 0 Å². The van der Waals surface area contributed by atoms with Gasteiger partial charge in [-0.2, -0.15) is 13.2 Å². The summed E-state index contributed by atoms with van der Waals surface area (Å²) in [6.45, 7) is 3.86. The van der Waals surface area contributed by atoms with Crippen molar-refractivity contribution in [1.82, 2.24) is 10.6 Å². The molecule has 1 aliphatic rings. The molecule has 0 radical (unpaired) electrons. The Hall–Kier alpha value is -1.56. The molecular weight excluding hydrogens is 305 g/mol. The summed E-state index contributed by atoms with van der Waals surface area (Å²) in [4.78, 5) is 12.0. The first kappa shape index (κ1) is 17.8. The van der Waals surface area contributed by atoms with Crippen molar-refractivity contribution in [2.75, 3.05) is 13.1 Å². The molecule has 1 aliphatic heterocycles. The van der Waals surface area contributed by atoms with Crippen molar-refractivity contribution in [3.8, 4) is 0 Å². The molecule has 0 bridgehead atoms. The van der Waals surface area contributed by atoms with Crippen molar-refractivity contribution in [3.05, 3.63) is 35.4 Å². The van der Waals surface area contributed by atoms with Crippen molar-refractivity contribution in [2.45, 2.75) is 38.9 Å². The van der Waals surface area contributed by atoms with Crippen LogP contribution in [0.15, 0.2) is 24.3 Å². The van der Waals surface area contributed by atoms with Crippen molar-refractivity contribution in [3.63, 3.8) is 0 Å². The summed E-state index contributed by atoms with van der Waals surface area (Å²) in [6.07, 6.45) is -1.85. The molecule has 0 aromatic heterocycles. The van der Waals surface area contributed by atoms with Gasteiger partial charge in [-0.25, -0.2) is 0 Å². The Morgan fingerprint density at radius 1 is 1.39 bits per heavy atom. The fourth-order valence-corrected chi connectivity index (χ4v) is 3.04. The highest BCUT2D eigenvalue weighted by molar-refractivity contribution is 5.76. The van der Waals surface area contributed by atoms with E-state index < -0.39 is 11.7 Å². The average molecular weight is 328 g/mol. The smallest absolute Gasteiger partial charge is 0.352 e. The molecule has 23 heavy (non-hydrogen) atoms. The number of carbonyl (C=O) groups excluding carboxylic acids is 1. The van der Waals surface area contributed by atoms with Crippen LogP contribution in [0.3, 0.4) is 0 Å². The maximum absolute atomic E-state index is 12.9. The molecule has 0 spiro atoms. The molecule has 2 N–H and O–H groups in total. The molecule has 1 fully saturated rings. The van der Waals surface area contributed by atoms with Crippen molar-refractivity contribution in [2.24, 2.45) is 11.8 Å². The molecule has 2 rings (SSSR count). The lowest BCUT2D eigenvalue weighted by atomic mass is 9.85. The second-order valence-corrected chi connectivity index (χ2v) is 6.22. The lowest BCUT2D eigenvalue weighted by molar-refractivity contribution is -0.138. The zero-order valence-electron chi connectivity index (χ0n) is 13.2. The van der Waals surface area contributed by atoms with Gasteiger partial charge in [0.2, 0.25) is 5.91 Å². The van der Waals surface area contributed by atoms with Crippen LogP contribution >= 0.6 is 0 Å². The molecule has 1 aromatic rings. The third-order valence-electron chi connectivity index (χ3n) is 4.45. The largest absolute Gasteiger partial charge is 0.416 e. The van der Waals surface area contributed by atoms with Crippen LogP contribution in [-0.4, -0.2) is 19.0 Å². The van der Waals surface area contributed by atoms with Gasteiger partial charge in [-0.3, -0.25) is 4.79 Å². The number of hydrogen-bond donors (Lipinski definition) is 2. The highest BCUT2D eigenvalue weighted by atomic mass is 19.4. The quantitative estimate of drug-likeness (QED) is 0.870. The molecule has 2 atom stereocenters. The van der Waals surface area contributed by atoms with Gasteiger partial charge in [0, 0.05) is 13.0 Å². The van der Waals surface area contributed by atoms with Gasteiger partial charge in [0.05, 0.1) is 5.56 Å². The summed E-state index contributed by atoms with van der Waals surface area (Å²) in [5, 5.41) is 5.94. The normalized spacial score (nSPS) is 20.1. The van der Waals surface area contributed by atoms with E-state index in [0.29, 0.717) is 12.3 Å². The number of halogens is 3. The van der Waals surface area contributed by atoms with Gasteiger partial charge in [0.25, 0.3) is 0 Å². The van der Waals surface area contributed by atoms with E-state index in [1.165, 1.54) is 12.1 Å². The van der Waals surface area contributed by atoms with Crippen LogP contribution in [-0.2, 0) is 17.5 Å². The van der Waals surface area contributed by atoms with Crippen LogP contribution in [0.5, 0.6) is 0 Å². The molecule has 3 nitrogen and oxygen atoms in total. The Morgan fingerprint density at radius 2 is 2.13 bits per heavy atom. The lowest BCUT2D eigenvalue weighted by Gasteiger charge is -2.28. The first-order valence-corrected chi connectivity index (χ1v) is 8.00. The first-order chi connectivity index (χ1) is 10.9. The number of alkyl halides is 3. The van der Waals surface area contributed by atoms with Crippen molar-refractivity contribution >= 4 is 5.91 Å². The number of carbonyl (C=O) groups is 1. The zero-order chi connectivity index (χ0) is 16.9. The summed E-state index contributed by atoms with van der Waals surface area (Å²) in [5.74, 6) is 0.484. The Bertz CT molecular complexity index is 525. The van der Waals surface area contributed by atoms with E-state index in [1.807, 2.05) is 6.92 Å². The Labute approximate surface area is 134 Å². The van der Waals surface area contributed by atoms with Crippen LogP contribution in [0.25, 0.3) is 0 Å². The van der Waals surface area contributed by atoms with E-state index in [1.54, 1.807) is 6.07 Å². The van der Waals surface area contributed by atoms with E-state index in [0.717, 1.165) is 32.0 Å². The molecule has 0 aliphatic carbocycles. The summed E-state index contributed by atoms with van der Waals surface area (Å²) >= 11 is 0. The Balaban J connectivity index is 1.87. The van der Waals surface area contributed by atoms with Gasteiger partial charge in [-0.15, -0.1) is 0 Å². The molecule has 2 unspecified atom stereocenters. The number of hydrogen-bond acceptors (Lipinski definition) is 2. The van der Waals surface area contributed by atoms with Crippen LogP contribution in [0.1, 0.15) is 37.3 Å². The van der Waals surface area contributed by atoms with Gasteiger partial charge < -0.3 is 10.6 Å². The van der Waals surface area contributed by atoms with E-state index in [9.17, 15) is 18.0 Å². The summed E-state index contributed by atoms with van der Waals surface area (Å²) < 4.78 is 38.7. The second-order valence-electron chi connectivity index (χ2n) is 6.22. The fraction of sp³-hybridized carbons (Fsp3) is 0.588. The zero-order valence-corrected chi connectivity index (χ0v) is 13.2. The topological polar surface area (TPSA) is 41.1 Å². The van der Waals surface area contributed by atoms with Crippen LogP contribution in [0, 0.1) is 11.8 Å². The highest BCUT2D eigenvalue weighted by Crippen LogP contribution is 2.31. The third kappa shape index (κ3) is 5.23. The third-order valence-corrected chi connectivity index (χ3v) is 4.45. The predicted molar refractivity (Wildman–Crippen MR) is 82.7 cm³/mol. The van der Waals surface area contributed by atoms with Crippen LogP contribution in [0.4, 0.5) is 13.2 Å². The van der Waals surface area contributed by atoms with E-state index >= 15 is 0 Å². The standard InChI is InChI=1S/C17H23F3N2O/c1-12(13-6-4-8-21-10-13)9-16(23)22-11-14-5-2-3-7-15(14)17(18,19)20/h2-3,5,7,12-13,21H,4,6,8-11H2,1H3,(H,22,23). The number of amides is 1. The van der Waals surface area contributed by atoms with Gasteiger partial charge >= 0.3 is 6.18 Å². The summed E-state index contributed by atoms with van der Waals surface area (Å²) in [7, 11) is 0. The van der Waals surface area contributed by atoms with Gasteiger partial charge in [-0.1, -0.05) is 25.1 Å². The minimum atomic E-state index is -4.40. The molecule has 6 heteroatoms. The van der Waals surface area contributed by atoms with Crippen molar-refractivity contribution in [1.29, 1.82) is 0 Å². The van der Waals surface area contributed by atoms with E-state index in [4.69, 9.17) is 0 Å². The number of piperidine rings is 1. The van der Waals surface area contributed by atoms with Crippen LogP contribution in [0.2, 0.25) is 0 Å². The van der Waals surface area contributed by atoms with E-state index in [-0.39, 0.29) is 23.9 Å². The lowest BCUT2D eigenvalue weighted by Crippen LogP contribution is -2.35. The Kier molecular flexibility index (Phi) is 6.04. The average Bonchev–Trinajstić information content (AvgIpc) is 2.53. The highest BCUT2D eigenvalue weighted by Gasteiger charge is 2.32. The summed E-state index contributed by atoms with van der Waals surface area (Å²) in [5.41, 5.74) is -0.592. The first-order valence-electron chi connectivity index (χ1n) is 8.00. The maximum atomic E-state index is 12.9. The maximum Gasteiger partial charge on any atom is 0.416 e. The Morgan fingerprint density at radius 3 is 2.78 bits per heavy atom. The minimum absolute atomic E-state index is 0.0931. The number of nitrogens with one attached hydrogen (secondary N) is 2. The molecule has 1 heterocycles. The second kappa shape index (κ2) is 7.81. The van der Waals surface area contributed by atoms with Crippen molar-refractivity contribution < 1.29 is 18.0 Å². The predicted octanol–water partition coefficient (Wildman–Crippen LogP) is 3.35. The molecule has 128 valence electrons. The van der Waals surface area contributed by atoms with Crippen LogP contribution < -0.4 is 10.6 Å². The van der Waals surface area contributed by atoms with Gasteiger partial charge in [-0.05, 0) is 49.4 Å². The fourth-order valence-electron chi connectivity index (χ4n) is 3.04. The number of rotatable bonds is 5. The molecule has 1 amide bonds. The summed E-state index contributed by atoms with van der Waals surface area (Å²) in [6, 6.07) is 5.34. The molecule has 1 saturated heterocycles. The monoisotopic (exact) mass is 328 g/mol. The minimum Gasteiger partial charge on any atom is -0.352 e.